The van der Waals surface area contributed by atoms with Gasteiger partial charge in [-0.15, -0.1) is 0 Å². The molecule has 610 valence electrons. The second kappa shape index (κ2) is 79.4. The first-order chi connectivity index (χ1) is 53.7. The lowest BCUT2D eigenvalue weighted by Gasteiger charge is -2.21. The Bertz CT molecular complexity index is 3150. The van der Waals surface area contributed by atoms with Crippen molar-refractivity contribution in [3.63, 3.8) is 0 Å². The van der Waals surface area contributed by atoms with Gasteiger partial charge in [-0.05, 0) is 167 Å². The van der Waals surface area contributed by atoms with E-state index in [-0.39, 0.29) is 25.7 Å². The van der Waals surface area contributed by atoms with Gasteiger partial charge in [0, 0.05) is 19.3 Å². The van der Waals surface area contributed by atoms with Crippen LogP contribution in [0.5, 0.6) is 0 Å². The molecule has 3 N–H and O–H groups in total. The summed E-state index contributed by atoms with van der Waals surface area (Å²) in [6.07, 6.45) is 107. The highest BCUT2D eigenvalue weighted by Crippen LogP contribution is 2.45. The van der Waals surface area contributed by atoms with Crippen LogP contribution >= 0.6 is 15.6 Å². The summed E-state index contributed by atoms with van der Waals surface area (Å²) in [5.74, 6) is -2.64. The Hall–Kier alpha value is -7.66. The van der Waals surface area contributed by atoms with E-state index in [1.807, 2.05) is 60.8 Å². The topological polar surface area (TPSA) is 237 Å². The van der Waals surface area contributed by atoms with Crippen LogP contribution < -0.4 is 0 Å². The predicted molar refractivity (Wildman–Crippen MR) is 453 cm³/mol. The van der Waals surface area contributed by atoms with E-state index in [0.717, 1.165) is 122 Å². The van der Waals surface area contributed by atoms with Gasteiger partial charge in [0.15, 0.2) is 12.2 Å². The van der Waals surface area contributed by atoms with Gasteiger partial charge < -0.3 is 33.8 Å². The van der Waals surface area contributed by atoms with Crippen LogP contribution in [0.2, 0.25) is 0 Å². The Morgan fingerprint density at radius 2 is 0.482 bits per heavy atom. The van der Waals surface area contributed by atoms with Crippen LogP contribution in [0, 0.1) is 0 Å². The van der Waals surface area contributed by atoms with Gasteiger partial charge in [0.25, 0.3) is 0 Å². The molecule has 0 aliphatic heterocycles. The number of aliphatic hydroxyl groups excluding tert-OH is 1. The maximum Gasteiger partial charge on any atom is 0.472 e. The fourth-order valence-corrected chi connectivity index (χ4v) is 10.5. The number of esters is 4. The number of aliphatic hydroxyl groups is 1. The number of carbonyl (C=O) groups excluding carboxylic acids is 4. The molecule has 110 heavy (non-hydrogen) atoms. The summed E-state index contributed by atoms with van der Waals surface area (Å²) in [6, 6.07) is 0. The van der Waals surface area contributed by atoms with Crippen molar-refractivity contribution in [3.05, 3.63) is 267 Å². The average Bonchev–Trinajstić information content (AvgIpc) is 0.900. The highest BCUT2D eigenvalue weighted by Gasteiger charge is 2.30. The maximum absolute atomic E-state index is 13.1. The molecule has 19 heteroatoms. The minimum atomic E-state index is -5.05. The van der Waals surface area contributed by atoms with E-state index in [4.69, 9.17) is 37.0 Å². The van der Waals surface area contributed by atoms with Crippen LogP contribution in [-0.4, -0.2) is 96.7 Å². The normalized spacial score (nSPS) is 15.2. The Kier molecular flexibility index (Phi) is 73.9. The van der Waals surface area contributed by atoms with Crippen LogP contribution in [0.1, 0.15) is 220 Å². The lowest BCUT2D eigenvalue weighted by Crippen LogP contribution is -2.30. The fraction of sp³-hybridized carbons (Fsp3) is 0.473. The number of carbonyl (C=O) groups is 4. The summed E-state index contributed by atoms with van der Waals surface area (Å²) in [4.78, 5) is 72.9. The molecule has 0 fully saturated rings. The molecule has 0 radical (unpaired) electrons. The Morgan fingerprint density at radius 3 is 0.764 bits per heavy atom. The van der Waals surface area contributed by atoms with Gasteiger partial charge in [0.2, 0.25) is 0 Å². The summed E-state index contributed by atoms with van der Waals surface area (Å²) in [7, 11) is -10.1. The summed E-state index contributed by atoms with van der Waals surface area (Å²) in [5.41, 5.74) is 0. The zero-order valence-corrected chi connectivity index (χ0v) is 68.3. The first-order valence-electron chi connectivity index (χ1n) is 39.6. The summed E-state index contributed by atoms with van der Waals surface area (Å²) in [5, 5.41) is 10.6. The summed E-state index contributed by atoms with van der Waals surface area (Å²) >= 11 is 0. The zero-order chi connectivity index (χ0) is 80.3. The van der Waals surface area contributed by atoms with Crippen molar-refractivity contribution in [3.8, 4) is 0 Å². The third kappa shape index (κ3) is 78.5. The third-order valence-corrected chi connectivity index (χ3v) is 16.6. The van der Waals surface area contributed by atoms with E-state index in [9.17, 15) is 43.2 Å². The van der Waals surface area contributed by atoms with E-state index in [1.165, 1.54) is 0 Å². The number of rotatable bonds is 70. The van der Waals surface area contributed by atoms with Crippen molar-refractivity contribution in [1.82, 2.24) is 0 Å². The average molecular weight is 1560 g/mol. The molecule has 0 spiro atoms. The van der Waals surface area contributed by atoms with Gasteiger partial charge in [-0.2, -0.15) is 0 Å². The number of phosphoric ester groups is 2. The Balaban J connectivity index is 5.67. The zero-order valence-electron chi connectivity index (χ0n) is 66.5. The molecule has 0 saturated carbocycles. The van der Waals surface area contributed by atoms with Crippen molar-refractivity contribution in [2.45, 2.75) is 239 Å². The number of hydrogen-bond acceptors (Lipinski definition) is 15. The second-order valence-electron chi connectivity index (χ2n) is 24.8. The third-order valence-electron chi connectivity index (χ3n) is 14.7. The molecule has 0 bridgehead atoms. The maximum atomic E-state index is 13.1. The van der Waals surface area contributed by atoms with E-state index >= 15 is 0 Å². The quantitative estimate of drug-likeness (QED) is 0.0169. The Labute approximate surface area is 661 Å². The number of hydrogen-bond donors (Lipinski definition) is 3. The van der Waals surface area contributed by atoms with Gasteiger partial charge in [-0.25, -0.2) is 9.13 Å². The molecule has 0 amide bonds. The number of ether oxygens (including phenoxy) is 4. The number of phosphoric acid groups is 2. The summed E-state index contributed by atoms with van der Waals surface area (Å²) in [6.45, 7) is 3.98. The van der Waals surface area contributed by atoms with Gasteiger partial charge in [0.05, 0.1) is 32.8 Å². The highest BCUT2D eigenvalue weighted by molar-refractivity contribution is 7.47. The molecule has 17 nitrogen and oxygen atoms in total. The minimum absolute atomic E-state index is 0.00352. The largest absolute Gasteiger partial charge is 0.472 e. The molecule has 0 aliphatic rings. The molecule has 5 atom stereocenters. The summed E-state index contributed by atoms with van der Waals surface area (Å²) < 4.78 is 68.2. The highest BCUT2D eigenvalue weighted by atomic mass is 31.2. The van der Waals surface area contributed by atoms with Gasteiger partial charge in [-0.1, -0.05) is 295 Å². The first-order valence-corrected chi connectivity index (χ1v) is 42.6. The van der Waals surface area contributed by atoms with E-state index in [2.05, 4.69) is 222 Å². The standard InChI is InChI=1S/C91H134O17P2/c1-5-9-13-17-21-25-29-33-37-40-42-45-49-52-56-60-64-68-72-76-89(94)102-82-87(108-91(96)78-74-70-66-62-58-54-50-46-43-41-38-34-30-26-22-18-14-10-6-2)84-106-110(99,100)104-80-85(92)79-103-109(97,98)105-83-86(107-90(95)77-73-69-65-61-57-53-47-36-32-28-24-20-16-12-8-4)81-101-88(93)75-71-67-63-59-55-51-48-44-39-35-31-27-23-19-15-11-7-3/h9-16,21-28,33-39,42-43,45-48,51-52,54,56-59,61,63-64,66,68-70,73,85-87,92H,5-8,17-20,29-32,40-41,44,49-50,53,55,60,62,65,67,71-72,74-84H2,1-4H3,(H,97,98)(H,99,100)/b13-9-,14-10-,15-11-,16-12-,25-21-,26-22-,27-23-,28-24-,37-33-,38-34-,39-35-,45-42-,46-43-,47-36-,51-48-,56-52-,58-54-,61-57-,63-59-,68-64-,70-66-,73-69-. The Morgan fingerprint density at radius 1 is 0.264 bits per heavy atom. The molecule has 0 rings (SSSR count). The molecule has 0 aromatic carbocycles. The number of allylic oxidation sites excluding steroid dienone is 43. The molecule has 0 aliphatic carbocycles. The molecule has 0 aromatic rings. The lowest BCUT2D eigenvalue weighted by atomic mass is 10.2. The van der Waals surface area contributed by atoms with Crippen molar-refractivity contribution in [1.29, 1.82) is 0 Å². The molecule has 0 saturated heterocycles. The van der Waals surface area contributed by atoms with Crippen LogP contribution in [-0.2, 0) is 65.4 Å². The SMILES string of the molecule is CC/C=C\C/C=C\C/C=C\C/C=C\C/C=C\C/C=C\CCC(=O)OCC(COP(=O)(O)OCC(O)COP(=O)(O)OCC(COC(=O)CCC/C=C\C/C=C\C/C=C\C/C=C\C/C=C\CC)OC(=O)C/C=C\C/C=C\C/C=C\C/C=C\C/C=C\CC)OC(=O)CC/C=C\C/C=C\C/C=C\C/C=C\C/C=C\C/C=C\CC. The molecular formula is C91H134O17P2. The van der Waals surface area contributed by atoms with E-state index < -0.39 is 97.5 Å². The van der Waals surface area contributed by atoms with Gasteiger partial charge >= 0.3 is 39.5 Å². The van der Waals surface area contributed by atoms with Crippen LogP contribution in [0.25, 0.3) is 0 Å². The molecule has 0 heterocycles. The van der Waals surface area contributed by atoms with Crippen molar-refractivity contribution in [2.24, 2.45) is 0 Å². The van der Waals surface area contributed by atoms with Gasteiger partial charge in [0.1, 0.15) is 19.3 Å². The van der Waals surface area contributed by atoms with Crippen LogP contribution in [0.3, 0.4) is 0 Å². The van der Waals surface area contributed by atoms with Crippen molar-refractivity contribution >= 4 is 39.5 Å². The number of unbranched alkanes of at least 4 members (excludes halogenated alkanes) is 1. The fourth-order valence-electron chi connectivity index (χ4n) is 8.91. The molecule has 5 unspecified atom stereocenters. The van der Waals surface area contributed by atoms with Crippen LogP contribution in [0.15, 0.2) is 267 Å². The van der Waals surface area contributed by atoms with E-state index in [0.29, 0.717) is 44.9 Å². The van der Waals surface area contributed by atoms with Gasteiger partial charge in [-0.3, -0.25) is 37.3 Å². The molecular weight excluding hydrogens is 1430 g/mol. The first kappa shape index (κ1) is 102. The minimum Gasteiger partial charge on any atom is -0.462 e. The monoisotopic (exact) mass is 1560 g/mol. The second-order valence-corrected chi connectivity index (χ2v) is 27.7. The van der Waals surface area contributed by atoms with E-state index in [1.54, 1.807) is 12.2 Å². The smallest absolute Gasteiger partial charge is 0.462 e. The predicted octanol–water partition coefficient (Wildman–Crippen LogP) is 23.5. The van der Waals surface area contributed by atoms with Crippen LogP contribution in [0.4, 0.5) is 0 Å². The molecule has 0 aromatic heterocycles. The van der Waals surface area contributed by atoms with Crippen molar-refractivity contribution in [2.75, 3.05) is 39.6 Å². The van der Waals surface area contributed by atoms with Crippen molar-refractivity contribution < 1.29 is 80.2 Å². The lowest BCUT2D eigenvalue weighted by molar-refractivity contribution is -0.161.